The number of carbonyl (C=O) groups excluding carboxylic acids is 1. The summed E-state index contributed by atoms with van der Waals surface area (Å²) in [4.78, 5) is 16.3. The minimum Gasteiger partial charge on any atom is -0.355 e. The molecule has 6 heteroatoms. The van der Waals surface area contributed by atoms with Crippen molar-refractivity contribution in [2.24, 2.45) is 0 Å². The number of fused-ring (bicyclic) bond motifs is 3. The Morgan fingerprint density at radius 2 is 2.08 bits per heavy atom. The van der Waals surface area contributed by atoms with Gasteiger partial charge < -0.3 is 14.7 Å². The van der Waals surface area contributed by atoms with E-state index in [4.69, 9.17) is 4.52 Å². The number of likely N-dealkylation sites (tertiary alicyclic amines) is 1. The molecule has 0 bridgehead atoms. The van der Waals surface area contributed by atoms with Crippen molar-refractivity contribution in [1.82, 2.24) is 15.4 Å². The van der Waals surface area contributed by atoms with Crippen LogP contribution in [0.3, 0.4) is 0 Å². The Kier molecular flexibility index (Phi) is 4.67. The topological polar surface area (TPSA) is 58.4 Å². The van der Waals surface area contributed by atoms with E-state index in [0.29, 0.717) is 12.2 Å². The predicted octanol–water partition coefficient (Wildman–Crippen LogP) is 3.11. The van der Waals surface area contributed by atoms with Gasteiger partial charge in [0.2, 0.25) is 0 Å². The molecule has 0 saturated carbocycles. The summed E-state index contributed by atoms with van der Waals surface area (Å²) in [5, 5.41) is 9.15. The zero-order valence-corrected chi connectivity index (χ0v) is 14.7. The van der Waals surface area contributed by atoms with E-state index in [-0.39, 0.29) is 5.91 Å². The lowest BCUT2D eigenvalue weighted by molar-refractivity contribution is 0.0938. The summed E-state index contributed by atoms with van der Waals surface area (Å²) in [6, 6.07) is 2.06. The highest BCUT2D eigenvalue weighted by Crippen LogP contribution is 2.37. The van der Waals surface area contributed by atoms with E-state index < -0.39 is 0 Å². The molecule has 1 N–H and O–H groups in total. The highest BCUT2D eigenvalue weighted by atomic mass is 32.1. The molecule has 0 unspecified atom stereocenters. The van der Waals surface area contributed by atoms with Gasteiger partial charge in [-0.05, 0) is 50.2 Å². The van der Waals surface area contributed by atoms with Crippen LogP contribution in [0.15, 0.2) is 16.0 Å². The number of hydrogen-bond donors (Lipinski definition) is 1. The second-order valence-corrected chi connectivity index (χ2v) is 7.61. The van der Waals surface area contributed by atoms with Gasteiger partial charge in [-0.1, -0.05) is 18.0 Å². The van der Waals surface area contributed by atoms with Gasteiger partial charge in [0.15, 0.2) is 11.5 Å². The molecule has 0 radical (unpaired) electrons. The average Bonchev–Trinajstić information content (AvgIpc) is 3.15. The highest BCUT2D eigenvalue weighted by Gasteiger charge is 2.28. The largest absolute Gasteiger partial charge is 0.355 e. The average molecular weight is 345 g/mol. The smallest absolute Gasteiger partial charge is 0.273 e. The molecule has 3 heterocycles. The van der Waals surface area contributed by atoms with E-state index in [1.54, 1.807) is 11.3 Å². The van der Waals surface area contributed by atoms with Gasteiger partial charge in [-0.2, -0.15) is 0 Å². The number of nitrogens with one attached hydrogen (secondary N) is 1. The van der Waals surface area contributed by atoms with Crippen LogP contribution < -0.4 is 5.32 Å². The van der Waals surface area contributed by atoms with Crippen LogP contribution in [0.5, 0.6) is 0 Å². The number of amides is 1. The maximum absolute atomic E-state index is 12.5. The summed E-state index contributed by atoms with van der Waals surface area (Å²) in [6.07, 6.45) is 7.01. The van der Waals surface area contributed by atoms with Crippen LogP contribution in [0, 0.1) is 0 Å². The third-order valence-electron chi connectivity index (χ3n) is 5.01. The number of aromatic nitrogens is 1. The number of thiophene rings is 1. The summed E-state index contributed by atoms with van der Waals surface area (Å²) < 4.78 is 5.49. The lowest BCUT2D eigenvalue weighted by atomic mass is 9.95. The molecular weight excluding hydrogens is 322 g/mol. The number of aryl methyl sites for hydroxylation is 1. The summed E-state index contributed by atoms with van der Waals surface area (Å²) in [6.45, 7) is 3.89. The van der Waals surface area contributed by atoms with E-state index in [2.05, 4.69) is 26.8 Å². The van der Waals surface area contributed by atoms with Crippen molar-refractivity contribution >= 4 is 17.2 Å². The Labute approximate surface area is 146 Å². The van der Waals surface area contributed by atoms with Gasteiger partial charge in [-0.3, -0.25) is 4.79 Å². The summed E-state index contributed by atoms with van der Waals surface area (Å²) in [5.74, 6) is 0.684. The fraction of sp³-hybridized carbons (Fsp3) is 0.556. The molecule has 0 aromatic carbocycles. The minimum absolute atomic E-state index is 0.103. The van der Waals surface area contributed by atoms with Crippen LogP contribution in [-0.4, -0.2) is 42.1 Å². The lowest BCUT2D eigenvalue weighted by Crippen LogP contribution is -2.35. The van der Waals surface area contributed by atoms with E-state index in [1.165, 1.54) is 30.6 Å². The Morgan fingerprint density at radius 1 is 1.25 bits per heavy atom. The first kappa shape index (κ1) is 15.8. The van der Waals surface area contributed by atoms with E-state index in [1.807, 2.05) is 0 Å². The second kappa shape index (κ2) is 7.07. The number of rotatable bonds is 4. The molecule has 5 nitrogen and oxygen atoms in total. The summed E-state index contributed by atoms with van der Waals surface area (Å²) >= 11 is 1.74. The van der Waals surface area contributed by atoms with Gasteiger partial charge >= 0.3 is 0 Å². The first-order chi connectivity index (χ1) is 11.8. The molecule has 2 aromatic heterocycles. The third kappa shape index (κ3) is 3.13. The number of nitrogens with zero attached hydrogens (tertiary/aromatic N) is 2. The molecule has 0 spiro atoms. The van der Waals surface area contributed by atoms with E-state index >= 15 is 0 Å². The molecule has 1 saturated heterocycles. The van der Waals surface area contributed by atoms with Crippen LogP contribution in [0.1, 0.15) is 46.6 Å². The Hall–Kier alpha value is -1.66. The fourth-order valence-corrected chi connectivity index (χ4v) is 4.55. The molecule has 1 fully saturated rings. The molecule has 4 rings (SSSR count). The maximum atomic E-state index is 12.5. The maximum Gasteiger partial charge on any atom is 0.273 e. The summed E-state index contributed by atoms with van der Waals surface area (Å²) in [7, 11) is 0. The van der Waals surface area contributed by atoms with Gasteiger partial charge in [0, 0.05) is 29.1 Å². The molecule has 2 aromatic rings. The third-order valence-corrected chi connectivity index (χ3v) is 5.99. The SMILES string of the molecule is O=C(NCCN1CCCCCC1)c1noc2c1CCc1sccc1-2. The monoisotopic (exact) mass is 345 g/mol. The molecule has 24 heavy (non-hydrogen) atoms. The van der Waals surface area contributed by atoms with E-state index in [9.17, 15) is 4.79 Å². The van der Waals surface area contributed by atoms with Crippen LogP contribution in [0.4, 0.5) is 0 Å². The van der Waals surface area contributed by atoms with Gasteiger partial charge in [0.25, 0.3) is 5.91 Å². The van der Waals surface area contributed by atoms with E-state index in [0.717, 1.165) is 49.4 Å². The van der Waals surface area contributed by atoms with Crippen molar-refractivity contribution in [1.29, 1.82) is 0 Å². The normalized spacial score (nSPS) is 17.8. The van der Waals surface area contributed by atoms with Crippen LogP contribution in [-0.2, 0) is 12.8 Å². The van der Waals surface area contributed by atoms with Crippen LogP contribution in [0.25, 0.3) is 11.3 Å². The first-order valence-corrected chi connectivity index (χ1v) is 9.77. The van der Waals surface area contributed by atoms with Gasteiger partial charge in [0.05, 0.1) is 0 Å². The van der Waals surface area contributed by atoms with Crippen molar-refractivity contribution in [3.05, 3.63) is 27.6 Å². The minimum atomic E-state index is -0.103. The fourth-order valence-electron chi connectivity index (χ4n) is 3.68. The van der Waals surface area contributed by atoms with Crippen LogP contribution >= 0.6 is 11.3 Å². The predicted molar refractivity (Wildman–Crippen MR) is 94.5 cm³/mol. The molecule has 2 aliphatic rings. The van der Waals surface area contributed by atoms with Crippen molar-refractivity contribution in [2.45, 2.75) is 38.5 Å². The zero-order chi connectivity index (χ0) is 16.4. The Balaban J connectivity index is 1.38. The molecule has 1 aliphatic carbocycles. The standard InChI is InChI=1S/C18H23N3O2S/c22-18(19-8-11-21-9-3-1-2-4-10-21)16-14-5-6-15-13(7-12-24-15)17(14)23-20-16/h7,12H,1-6,8-11H2,(H,19,22). The zero-order valence-electron chi connectivity index (χ0n) is 13.8. The molecular formula is C18H23N3O2S. The van der Waals surface area contributed by atoms with Crippen molar-refractivity contribution < 1.29 is 9.32 Å². The second-order valence-electron chi connectivity index (χ2n) is 6.61. The summed E-state index contributed by atoms with van der Waals surface area (Å²) in [5.41, 5.74) is 2.54. The Morgan fingerprint density at radius 3 is 2.92 bits per heavy atom. The van der Waals surface area contributed by atoms with Gasteiger partial charge in [-0.15, -0.1) is 11.3 Å². The molecule has 128 valence electrons. The van der Waals surface area contributed by atoms with Gasteiger partial charge in [-0.25, -0.2) is 0 Å². The molecule has 1 aliphatic heterocycles. The van der Waals surface area contributed by atoms with Gasteiger partial charge in [0.1, 0.15) is 0 Å². The number of hydrogen-bond acceptors (Lipinski definition) is 5. The molecule has 0 atom stereocenters. The van der Waals surface area contributed by atoms with Crippen LogP contribution in [0.2, 0.25) is 0 Å². The lowest BCUT2D eigenvalue weighted by Gasteiger charge is -2.19. The number of carbonyl (C=O) groups is 1. The Bertz CT molecular complexity index is 714. The quantitative estimate of drug-likeness (QED) is 0.925. The first-order valence-electron chi connectivity index (χ1n) is 8.89. The molecule has 1 amide bonds. The van der Waals surface area contributed by atoms with Crippen molar-refractivity contribution in [3.63, 3.8) is 0 Å². The van der Waals surface area contributed by atoms with Crippen molar-refractivity contribution in [2.75, 3.05) is 26.2 Å². The van der Waals surface area contributed by atoms with Crippen molar-refractivity contribution in [3.8, 4) is 11.3 Å². The highest BCUT2D eigenvalue weighted by molar-refractivity contribution is 7.10.